The van der Waals surface area contributed by atoms with E-state index in [1.54, 1.807) is 11.8 Å². The monoisotopic (exact) mass is 322 g/mol. The number of nitrogens with zero attached hydrogens (tertiary/aromatic N) is 5. The van der Waals surface area contributed by atoms with E-state index in [-0.39, 0.29) is 5.95 Å². The molecule has 0 amide bonds. The second kappa shape index (κ2) is 7.27. The molecule has 1 saturated heterocycles. The molecule has 0 aliphatic carbocycles. The Morgan fingerprint density at radius 3 is 3.00 bits per heavy atom. The molecule has 0 radical (unpaired) electrons. The molecule has 22 heavy (non-hydrogen) atoms. The number of thioether (sulfide) groups is 1. The van der Waals surface area contributed by atoms with Crippen LogP contribution < -0.4 is 16.0 Å². The topological polar surface area (TPSA) is 118 Å². The molecule has 4 N–H and O–H groups in total. The van der Waals surface area contributed by atoms with E-state index in [2.05, 4.69) is 35.4 Å². The van der Waals surface area contributed by atoms with Crippen molar-refractivity contribution in [3.63, 3.8) is 0 Å². The summed E-state index contributed by atoms with van der Waals surface area (Å²) in [4.78, 5) is 14.7. The Bertz CT molecular complexity index is 587. The summed E-state index contributed by atoms with van der Waals surface area (Å²) < 4.78 is 5.35. The predicted molar refractivity (Wildman–Crippen MR) is 85.1 cm³/mol. The normalized spacial score (nSPS) is 15.0. The SMILES string of the molecule is Nc1nc(NCCSc2ncn[nH]2)cc(N2CCOCC2)n1. The predicted octanol–water partition coefficient (Wildman–Crippen LogP) is 0.218. The smallest absolute Gasteiger partial charge is 0.223 e. The third-order valence-corrected chi connectivity index (χ3v) is 3.98. The van der Waals surface area contributed by atoms with Crippen molar-refractivity contribution in [2.45, 2.75) is 5.16 Å². The molecule has 10 heteroatoms. The second-order valence-electron chi connectivity index (χ2n) is 4.63. The zero-order chi connectivity index (χ0) is 15.2. The molecular weight excluding hydrogens is 304 g/mol. The van der Waals surface area contributed by atoms with Crippen molar-refractivity contribution in [1.82, 2.24) is 25.1 Å². The van der Waals surface area contributed by atoms with Gasteiger partial charge in [-0.1, -0.05) is 11.8 Å². The number of nitrogens with two attached hydrogens (primary N) is 1. The lowest BCUT2D eigenvalue weighted by molar-refractivity contribution is 0.122. The van der Waals surface area contributed by atoms with Gasteiger partial charge >= 0.3 is 0 Å². The van der Waals surface area contributed by atoms with Crippen LogP contribution in [0.1, 0.15) is 0 Å². The number of morpholine rings is 1. The fourth-order valence-corrected chi connectivity index (χ4v) is 2.72. The van der Waals surface area contributed by atoms with E-state index < -0.39 is 0 Å². The van der Waals surface area contributed by atoms with Gasteiger partial charge in [0.05, 0.1) is 13.2 Å². The Kier molecular flexibility index (Phi) is 4.91. The van der Waals surface area contributed by atoms with Crippen molar-refractivity contribution in [3.8, 4) is 0 Å². The average Bonchev–Trinajstić information content (AvgIpc) is 3.05. The minimum atomic E-state index is 0.273. The standard InChI is InChI=1S/C12H18N8OS/c13-11-17-9(14-1-6-22-12-15-8-16-19-12)7-10(18-11)20-2-4-21-5-3-20/h7-8H,1-6H2,(H,15,16,19)(H3,13,14,17,18). The van der Waals surface area contributed by atoms with E-state index >= 15 is 0 Å². The van der Waals surface area contributed by atoms with Crippen molar-refractivity contribution >= 4 is 29.3 Å². The molecule has 1 aliphatic rings. The number of nitrogens with one attached hydrogen (secondary N) is 2. The van der Waals surface area contributed by atoms with Gasteiger partial charge in [-0.3, -0.25) is 5.10 Å². The zero-order valence-electron chi connectivity index (χ0n) is 12.0. The van der Waals surface area contributed by atoms with E-state index in [0.717, 1.165) is 42.2 Å². The Labute approximate surface area is 132 Å². The van der Waals surface area contributed by atoms with Crippen LogP contribution in [0.2, 0.25) is 0 Å². The molecule has 3 heterocycles. The third-order valence-electron chi connectivity index (χ3n) is 3.10. The highest BCUT2D eigenvalue weighted by Gasteiger charge is 2.14. The van der Waals surface area contributed by atoms with Crippen LogP contribution in [-0.4, -0.2) is 63.8 Å². The summed E-state index contributed by atoms with van der Waals surface area (Å²) in [6.45, 7) is 3.79. The number of aromatic nitrogens is 5. The van der Waals surface area contributed by atoms with Crippen molar-refractivity contribution in [2.75, 3.05) is 54.6 Å². The van der Waals surface area contributed by atoms with E-state index in [1.807, 2.05) is 6.07 Å². The fraction of sp³-hybridized carbons (Fsp3) is 0.500. The van der Waals surface area contributed by atoms with Crippen molar-refractivity contribution < 1.29 is 4.74 Å². The van der Waals surface area contributed by atoms with Crippen LogP contribution in [0.25, 0.3) is 0 Å². The molecule has 0 bridgehead atoms. The molecule has 9 nitrogen and oxygen atoms in total. The minimum Gasteiger partial charge on any atom is -0.378 e. The number of anilines is 3. The van der Waals surface area contributed by atoms with Crippen LogP contribution in [0.4, 0.5) is 17.6 Å². The Balaban J connectivity index is 1.55. The minimum absolute atomic E-state index is 0.273. The molecule has 2 aromatic rings. The number of hydrogen-bond donors (Lipinski definition) is 3. The molecule has 2 aromatic heterocycles. The highest BCUT2D eigenvalue weighted by atomic mass is 32.2. The van der Waals surface area contributed by atoms with Gasteiger partial charge in [-0.2, -0.15) is 15.1 Å². The summed E-state index contributed by atoms with van der Waals surface area (Å²) >= 11 is 1.59. The second-order valence-corrected chi connectivity index (χ2v) is 5.72. The van der Waals surface area contributed by atoms with Crippen LogP contribution in [0.5, 0.6) is 0 Å². The van der Waals surface area contributed by atoms with Crippen LogP contribution in [0.15, 0.2) is 17.6 Å². The first-order valence-corrected chi connectivity index (χ1v) is 7.99. The van der Waals surface area contributed by atoms with Crippen molar-refractivity contribution in [3.05, 3.63) is 12.4 Å². The lowest BCUT2D eigenvalue weighted by atomic mass is 10.4. The van der Waals surface area contributed by atoms with Gasteiger partial charge < -0.3 is 20.7 Å². The van der Waals surface area contributed by atoms with Gasteiger partial charge in [0.2, 0.25) is 5.95 Å². The van der Waals surface area contributed by atoms with Crippen molar-refractivity contribution in [1.29, 1.82) is 0 Å². The van der Waals surface area contributed by atoms with Crippen LogP contribution in [-0.2, 0) is 4.74 Å². The molecule has 1 fully saturated rings. The van der Waals surface area contributed by atoms with E-state index in [0.29, 0.717) is 13.2 Å². The van der Waals surface area contributed by atoms with Gasteiger partial charge in [-0.15, -0.1) is 0 Å². The molecule has 0 unspecified atom stereocenters. The highest BCUT2D eigenvalue weighted by Crippen LogP contribution is 2.18. The number of rotatable bonds is 6. The molecule has 0 atom stereocenters. The van der Waals surface area contributed by atoms with Crippen molar-refractivity contribution in [2.24, 2.45) is 0 Å². The molecule has 0 aromatic carbocycles. The third kappa shape index (κ3) is 3.98. The van der Waals surface area contributed by atoms with Gasteiger partial charge in [0, 0.05) is 31.5 Å². The number of nitrogen functional groups attached to an aromatic ring is 1. The Morgan fingerprint density at radius 2 is 2.23 bits per heavy atom. The maximum absolute atomic E-state index is 5.80. The summed E-state index contributed by atoms with van der Waals surface area (Å²) in [7, 11) is 0. The summed E-state index contributed by atoms with van der Waals surface area (Å²) in [5, 5.41) is 10.7. The van der Waals surface area contributed by atoms with Gasteiger partial charge in [0.15, 0.2) is 5.16 Å². The number of aromatic amines is 1. The number of H-pyrrole nitrogens is 1. The molecule has 118 valence electrons. The number of hydrogen-bond acceptors (Lipinski definition) is 9. The highest BCUT2D eigenvalue weighted by molar-refractivity contribution is 7.99. The number of ether oxygens (including phenoxy) is 1. The summed E-state index contributed by atoms with van der Waals surface area (Å²) in [5.74, 6) is 2.68. The molecule has 1 aliphatic heterocycles. The van der Waals surface area contributed by atoms with Gasteiger partial charge in [0.1, 0.15) is 18.0 Å². The van der Waals surface area contributed by atoms with Gasteiger partial charge in [-0.05, 0) is 0 Å². The van der Waals surface area contributed by atoms with Crippen LogP contribution in [0.3, 0.4) is 0 Å². The Morgan fingerprint density at radius 1 is 1.36 bits per heavy atom. The lowest BCUT2D eigenvalue weighted by Gasteiger charge is -2.28. The summed E-state index contributed by atoms with van der Waals surface area (Å²) in [6.07, 6.45) is 1.50. The largest absolute Gasteiger partial charge is 0.378 e. The summed E-state index contributed by atoms with van der Waals surface area (Å²) in [5.41, 5.74) is 5.80. The maximum Gasteiger partial charge on any atom is 0.223 e. The summed E-state index contributed by atoms with van der Waals surface area (Å²) in [6, 6.07) is 1.92. The molecule has 0 saturated carbocycles. The van der Waals surface area contributed by atoms with Gasteiger partial charge in [-0.25, -0.2) is 4.98 Å². The van der Waals surface area contributed by atoms with Crippen LogP contribution in [0, 0.1) is 0 Å². The Hall–Kier alpha value is -2.07. The molecule has 0 spiro atoms. The first kappa shape index (κ1) is 14.9. The maximum atomic E-state index is 5.80. The van der Waals surface area contributed by atoms with Gasteiger partial charge in [0.25, 0.3) is 0 Å². The zero-order valence-corrected chi connectivity index (χ0v) is 12.8. The van der Waals surface area contributed by atoms with E-state index in [4.69, 9.17) is 10.5 Å². The lowest BCUT2D eigenvalue weighted by Crippen LogP contribution is -2.37. The first-order valence-electron chi connectivity index (χ1n) is 7.00. The van der Waals surface area contributed by atoms with Crippen LogP contribution >= 0.6 is 11.8 Å². The first-order chi connectivity index (χ1) is 10.8. The van der Waals surface area contributed by atoms with E-state index in [1.165, 1.54) is 6.33 Å². The molecule has 3 rings (SSSR count). The quantitative estimate of drug-likeness (QED) is 0.507. The average molecular weight is 322 g/mol. The van der Waals surface area contributed by atoms with E-state index in [9.17, 15) is 0 Å². The molecular formula is C12H18N8OS. The fourth-order valence-electron chi connectivity index (χ4n) is 2.09.